The van der Waals surface area contributed by atoms with Crippen LogP contribution in [-0.2, 0) is 0 Å². The number of benzene rings is 1. The molecule has 3 heteroatoms. The van der Waals surface area contributed by atoms with E-state index in [2.05, 4.69) is 4.98 Å². The van der Waals surface area contributed by atoms with E-state index < -0.39 is 0 Å². The number of rotatable bonds is 1. The molecule has 14 heavy (non-hydrogen) atoms. The summed E-state index contributed by atoms with van der Waals surface area (Å²) in [5.41, 5.74) is 7.76. The van der Waals surface area contributed by atoms with Crippen molar-refractivity contribution in [1.82, 2.24) is 4.98 Å². The molecule has 0 atom stereocenters. The molecule has 0 aliphatic carbocycles. The summed E-state index contributed by atoms with van der Waals surface area (Å²) in [5.74, 6) is 0.236. The number of nitrogens with two attached hydrogens (primary N) is 1. The molecule has 3 nitrogen and oxygen atoms in total. The Hall–Kier alpha value is -2.03. The molecule has 0 unspecified atom stereocenters. The maximum Gasteiger partial charge on any atom is 0.123 e. The van der Waals surface area contributed by atoms with E-state index in [-0.39, 0.29) is 5.75 Å². The lowest BCUT2D eigenvalue weighted by Crippen LogP contribution is -1.87. The largest absolute Gasteiger partial charge is 0.507 e. The number of hydrogen-bond donors (Lipinski definition) is 2. The summed E-state index contributed by atoms with van der Waals surface area (Å²) in [5, 5.41) is 9.59. The molecule has 1 aromatic carbocycles. The van der Waals surface area contributed by atoms with Gasteiger partial charge in [0.05, 0.1) is 5.69 Å². The van der Waals surface area contributed by atoms with Gasteiger partial charge in [0.1, 0.15) is 5.75 Å². The van der Waals surface area contributed by atoms with Gasteiger partial charge in [-0.2, -0.15) is 0 Å². The van der Waals surface area contributed by atoms with Crippen molar-refractivity contribution >= 4 is 5.69 Å². The Morgan fingerprint density at radius 2 is 1.93 bits per heavy atom. The summed E-state index contributed by atoms with van der Waals surface area (Å²) in [4.78, 5) is 3.97. The highest BCUT2D eigenvalue weighted by atomic mass is 16.3. The van der Waals surface area contributed by atoms with Crippen LogP contribution in [0, 0.1) is 0 Å². The average molecular weight is 186 g/mol. The van der Waals surface area contributed by atoms with Crippen molar-refractivity contribution in [2.24, 2.45) is 0 Å². The van der Waals surface area contributed by atoms with Gasteiger partial charge in [-0.25, -0.2) is 0 Å². The summed E-state index contributed by atoms with van der Waals surface area (Å²) in [6.45, 7) is 0. The molecule has 70 valence electrons. The number of phenolic OH excluding ortho intramolecular Hbond substituents is 1. The molecule has 0 aliphatic rings. The molecule has 0 bridgehead atoms. The first-order valence-electron chi connectivity index (χ1n) is 4.26. The maximum atomic E-state index is 9.59. The van der Waals surface area contributed by atoms with Crippen LogP contribution in [0.4, 0.5) is 5.69 Å². The van der Waals surface area contributed by atoms with Gasteiger partial charge >= 0.3 is 0 Å². The normalized spacial score (nSPS) is 10.0. The van der Waals surface area contributed by atoms with Crippen LogP contribution in [0.25, 0.3) is 11.1 Å². The summed E-state index contributed by atoms with van der Waals surface area (Å²) in [6, 6.07) is 8.88. The maximum absolute atomic E-state index is 9.59. The number of phenols is 1. The Kier molecular flexibility index (Phi) is 2.07. The Morgan fingerprint density at radius 1 is 1.14 bits per heavy atom. The molecule has 0 saturated carbocycles. The first-order valence-corrected chi connectivity index (χ1v) is 4.26. The smallest absolute Gasteiger partial charge is 0.123 e. The Balaban J connectivity index is 2.55. The summed E-state index contributed by atoms with van der Waals surface area (Å²) < 4.78 is 0. The third-order valence-corrected chi connectivity index (χ3v) is 1.97. The zero-order chi connectivity index (χ0) is 9.97. The second-order valence-electron chi connectivity index (χ2n) is 3.02. The van der Waals surface area contributed by atoms with Crippen LogP contribution in [-0.4, -0.2) is 10.1 Å². The number of aromatic nitrogens is 1. The molecule has 1 aromatic heterocycles. The summed E-state index contributed by atoms with van der Waals surface area (Å²) in [6.07, 6.45) is 3.24. The van der Waals surface area contributed by atoms with Crippen molar-refractivity contribution in [2.45, 2.75) is 0 Å². The first kappa shape index (κ1) is 8.56. The predicted molar refractivity (Wildman–Crippen MR) is 55.8 cm³/mol. The molecule has 0 spiro atoms. The highest BCUT2D eigenvalue weighted by Gasteiger charge is 2.02. The highest BCUT2D eigenvalue weighted by molar-refractivity contribution is 5.71. The van der Waals surface area contributed by atoms with E-state index >= 15 is 0 Å². The van der Waals surface area contributed by atoms with E-state index in [9.17, 15) is 5.11 Å². The van der Waals surface area contributed by atoms with E-state index in [4.69, 9.17) is 5.73 Å². The van der Waals surface area contributed by atoms with E-state index in [1.165, 1.54) is 0 Å². The molecule has 3 N–H and O–H groups in total. The van der Waals surface area contributed by atoms with Crippen LogP contribution in [0.5, 0.6) is 5.75 Å². The van der Waals surface area contributed by atoms with E-state index in [1.807, 2.05) is 12.1 Å². The number of pyridine rings is 1. The minimum Gasteiger partial charge on any atom is -0.507 e. The van der Waals surface area contributed by atoms with Crippen molar-refractivity contribution < 1.29 is 5.11 Å². The Morgan fingerprint density at radius 3 is 2.64 bits per heavy atom. The first-order chi connectivity index (χ1) is 6.77. The van der Waals surface area contributed by atoms with Crippen molar-refractivity contribution in [3.05, 3.63) is 42.7 Å². The van der Waals surface area contributed by atoms with E-state index in [0.29, 0.717) is 5.69 Å². The van der Waals surface area contributed by atoms with Crippen molar-refractivity contribution in [3.8, 4) is 16.9 Å². The number of para-hydroxylation sites is 1. The van der Waals surface area contributed by atoms with Gasteiger partial charge < -0.3 is 10.8 Å². The Bertz CT molecular complexity index is 455. The molecule has 2 aromatic rings. The van der Waals surface area contributed by atoms with Gasteiger partial charge in [-0.3, -0.25) is 4.98 Å². The van der Waals surface area contributed by atoms with Gasteiger partial charge in [-0.1, -0.05) is 18.2 Å². The zero-order valence-electron chi connectivity index (χ0n) is 7.51. The third-order valence-electron chi connectivity index (χ3n) is 1.97. The topological polar surface area (TPSA) is 59.1 Å². The fourth-order valence-corrected chi connectivity index (χ4v) is 1.32. The van der Waals surface area contributed by atoms with Gasteiger partial charge in [0.25, 0.3) is 0 Å². The molecule has 2 rings (SSSR count). The minimum absolute atomic E-state index is 0.236. The Labute approximate surface area is 81.8 Å². The van der Waals surface area contributed by atoms with Crippen LogP contribution >= 0.6 is 0 Å². The number of anilines is 1. The molecule has 0 fully saturated rings. The number of aromatic hydroxyl groups is 1. The molecule has 0 aliphatic heterocycles. The van der Waals surface area contributed by atoms with E-state index in [1.54, 1.807) is 30.6 Å². The fraction of sp³-hybridized carbons (Fsp3) is 0. The zero-order valence-corrected chi connectivity index (χ0v) is 7.51. The molecule has 0 saturated heterocycles. The van der Waals surface area contributed by atoms with Crippen LogP contribution in [0.1, 0.15) is 0 Å². The molecule has 0 amide bonds. The average Bonchev–Trinajstić information content (AvgIpc) is 2.18. The fourth-order valence-electron chi connectivity index (χ4n) is 1.32. The van der Waals surface area contributed by atoms with Crippen LogP contribution in [0.15, 0.2) is 42.7 Å². The summed E-state index contributed by atoms with van der Waals surface area (Å²) >= 11 is 0. The lowest BCUT2D eigenvalue weighted by molar-refractivity contribution is 0.477. The van der Waals surface area contributed by atoms with Gasteiger partial charge in [-0.15, -0.1) is 0 Å². The number of hydrogen-bond acceptors (Lipinski definition) is 3. The van der Waals surface area contributed by atoms with Gasteiger partial charge in [0, 0.05) is 23.5 Å². The predicted octanol–water partition coefficient (Wildman–Crippen LogP) is 2.04. The van der Waals surface area contributed by atoms with Crippen LogP contribution in [0.2, 0.25) is 0 Å². The standard InChI is InChI=1S/C11H10N2O/c12-9-5-8(6-13-7-9)10-3-1-2-4-11(10)14/h1-7,14H,12H2. The molecular weight excluding hydrogens is 176 g/mol. The highest BCUT2D eigenvalue weighted by Crippen LogP contribution is 2.28. The molecule has 1 heterocycles. The monoisotopic (exact) mass is 186 g/mol. The van der Waals surface area contributed by atoms with Gasteiger partial charge in [0.15, 0.2) is 0 Å². The van der Waals surface area contributed by atoms with E-state index in [0.717, 1.165) is 11.1 Å². The second kappa shape index (κ2) is 3.38. The van der Waals surface area contributed by atoms with Crippen molar-refractivity contribution in [3.63, 3.8) is 0 Å². The lowest BCUT2D eigenvalue weighted by atomic mass is 10.1. The second-order valence-corrected chi connectivity index (χ2v) is 3.02. The third kappa shape index (κ3) is 1.52. The number of nitrogens with zero attached hydrogens (tertiary/aromatic N) is 1. The molecule has 0 radical (unpaired) electrons. The van der Waals surface area contributed by atoms with Crippen LogP contribution in [0.3, 0.4) is 0 Å². The number of nitrogen functional groups attached to an aromatic ring is 1. The van der Waals surface area contributed by atoms with Crippen LogP contribution < -0.4 is 5.73 Å². The van der Waals surface area contributed by atoms with Crippen molar-refractivity contribution in [2.75, 3.05) is 5.73 Å². The minimum atomic E-state index is 0.236. The van der Waals surface area contributed by atoms with Gasteiger partial charge in [0.2, 0.25) is 0 Å². The molecular formula is C11H10N2O. The quantitative estimate of drug-likeness (QED) is 0.716. The van der Waals surface area contributed by atoms with Gasteiger partial charge in [-0.05, 0) is 12.1 Å². The lowest BCUT2D eigenvalue weighted by Gasteiger charge is -2.03. The SMILES string of the molecule is Nc1cncc(-c2ccccc2O)c1. The van der Waals surface area contributed by atoms with Crippen molar-refractivity contribution in [1.29, 1.82) is 0 Å². The summed E-state index contributed by atoms with van der Waals surface area (Å²) in [7, 11) is 0.